The Morgan fingerprint density at radius 2 is 1.79 bits per heavy atom. The van der Waals surface area contributed by atoms with Gasteiger partial charge >= 0.3 is 5.97 Å². The number of amides is 1. The first-order valence-corrected chi connectivity index (χ1v) is 6.71. The standard InChI is InChI=1S/C14H16ClNO3/c15-12-5-3-11(4-6-12)9-14(18)19-10-13(17)16-7-1-2-8-16/h3-6H,1-2,7-10H2. The molecule has 1 heterocycles. The van der Waals surface area contributed by atoms with Gasteiger partial charge in [0.05, 0.1) is 6.42 Å². The molecule has 1 aliphatic heterocycles. The smallest absolute Gasteiger partial charge is 0.310 e. The zero-order valence-electron chi connectivity index (χ0n) is 10.6. The van der Waals surface area contributed by atoms with Crippen molar-refractivity contribution < 1.29 is 14.3 Å². The van der Waals surface area contributed by atoms with E-state index in [4.69, 9.17) is 16.3 Å². The maximum atomic E-state index is 11.7. The second-order valence-electron chi connectivity index (χ2n) is 4.55. The molecule has 1 saturated heterocycles. The summed E-state index contributed by atoms with van der Waals surface area (Å²) in [4.78, 5) is 25.0. The Morgan fingerprint density at radius 3 is 2.42 bits per heavy atom. The summed E-state index contributed by atoms with van der Waals surface area (Å²) in [5.41, 5.74) is 0.822. The number of carbonyl (C=O) groups excluding carboxylic acids is 2. The SMILES string of the molecule is O=C(Cc1ccc(Cl)cc1)OCC(=O)N1CCCC1. The minimum atomic E-state index is -0.394. The average Bonchev–Trinajstić information content (AvgIpc) is 2.93. The van der Waals surface area contributed by atoms with Gasteiger partial charge in [0.2, 0.25) is 0 Å². The first kappa shape index (κ1) is 13.9. The third kappa shape index (κ3) is 4.24. The number of ether oxygens (including phenoxy) is 1. The van der Waals surface area contributed by atoms with Gasteiger partial charge in [-0.3, -0.25) is 9.59 Å². The van der Waals surface area contributed by atoms with Gasteiger partial charge in [-0.2, -0.15) is 0 Å². The van der Waals surface area contributed by atoms with Gasteiger partial charge in [-0.1, -0.05) is 23.7 Å². The summed E-state index contributed by atoms with van der Waals surface area (Å²) in [6.45, 7) is 1.38. The molecule has 102 valence electrons. The van der Waals surface area contributed by atoms with E-state index in [1.807, 2.05) is 0 Å². The van der Waals surface area contributed by atoms with E-state index in [1.54, 1.807) is 29.2 Å². The number of hydrogen-bond acceptors (Lipinski definition) is 3. The van der Waals surface area contributed by atoms with Crippen molar-refractivity contribution in [2.45, 2.75) is 19.3 Å². The van der Waals surface area contributed by atoms with Crippen LogP contribution in [-0.2, 0) is 20.7 Å². The number of carbonyl (C=O) groups is 2. The van der Waals surface area contributed by atoms with E-state index >= 15 is 0 Å². The maximum Gasteiger partial charge on any atom is 0.310 e. The summed E-state index contributed by atoms with van der Waals surface area (Å²) in [6, 6.07) is 6.98. The van der Waals surface area contributed by atoms with Gasteiger partial charge in [0.1, 0.15) is 0 Å². The number of rotatable bonds is 4. The maximum absolute atomic E-state index is 11.7. The quantitative estimate of drug-likeness (QED) is 0.794. The number of halogens is 1. The molecule has 1 aromatic carbocycles. The summed E-state index contributed by atoms with van der Waals surface area (Å²) in [5.74, 6) is -0.503. The van der Waals surface area contributed by atoms with E-state index in [-0.39, 0.29) is 18.9 Å². The molecule has 0 radical (unpaired) electrons. The van der Waals surface area contributed by atoms with Crippen LogP contribution >= 0.6 is 11.6 Å². The van der Waals surface area contributed by atoms with Gasteiger partial charge in [-0.15, -0.1) is 0 Å². The Balaban J connectivity index is 1.75. The van der Waals surface area contributed by atoms with Crippen molar-refractivity contribution >= 4 is 23.5 Å². The van der Waals surface area contributed by atoms with Crippen molar-refractivity contribution in [3.05, 3.63) is 34.9 Å². The van der Waals surface area contributed by atoms with Crippen LogP contribution in [-0.4, -0.2) is 36.5 Å². The molecule has 0 atom stereocenters. The fourth-order valence-electron chi connectivity index (χ4n) is 2.02. The van der Waals surface area contributed by atoms with Gasteiger partial charge in [-0.25, -0.2) is 0 Å². The van der Waals surface area contributed by atoms with Crippen LogP contribution in [0.25, 0.3) is 0 Å². The van der Waals surface area contributed by atoms with E-state index in [0.29, 0.717) is 5.02 Å². The van der Waals surface area contributed by atoms with Crippen LogP contribution in [0.5, 0.6) is 0 Å². The fourth-order valence-corrected chi connectivity index (χ4v) is 2.15. The molecule has 1 amide bonds. The van der Waals surface area contributed by atoms with Gasteiger partial charge in [0.25, 0.3) is 5.91 Å². The molecular formula is C14H16ClNO3. The minimum absolute atomic E-state index is 0.109. The second-order valence-corrected chi connectivity index (χ2v) is 4.99. The van der Waals surface area contributed by atoms with Gasteiger partial charge in [-0.05, 0) is 30.5 Å². The lowest BCUT2D eigenvalue weighted by Crippen LogP contribution is -2.32. The molecule has 0 aromatic heterocycles. The van der Waals surface area contributed by atoms with Crippen LogP contribution in [0.15, 0.2) is 24.3 Å². The highest BCUT2D eigenvalue weighted by molar-refractivity contribution is 6.30. The molecule has 5 heteroatoms. The van der Waals surface area contributed by atoms with Crippen molar-refractivity contribution in [2.75, 3.05) is 19.7 Å². The zero-order valence-corrected chi connectivity index (χ0v) is 11.4. The van der Waals surface area contributed by atoms with Gasteiger partial charge < -0.3 is 9.64 Å². The van der Waals surface area contributed by atoms with E-state index in [0.717, 1.165) is 31.5 Å². The van der Waals surface area contributed by atoms with Crippen LogP contribution in [0.3, 0.4) is 0 Å². The molecule has 0 aliphatic carbocycles. The minimum Gasteiger partial charge on any atom is -0.455 e. The summed E-state index contributed by atoms with van der Waals surface area (Å²) in [5, 5.41) is 0.626. The van der Waals surface area contributed by atoms with Crippen LogP contribution in [0.2, 0.25) is 5.02 Å². The van der Waals surface area contributed by atoms with Crippen molar-refractivity contribution in [3.63, 3.8) is 0 Å². The highest BCUT2D eigenvalue weighted by Gasteiger charge is 2.19. The number of likely N-dealkylation sites (tertiary alicyclic amines) is 1. The number of benzene rings is 1. The number of nitrogens with zero attached hydrogens (tertiary/aromatic N) is 1. The Bertz CT molecular complexity index is 452. The molecule has 2 rings (SSSR count). The molecule has 1 aliphatic rings. The third-order valence-electron chi connectivity index (χ3n) is 3.08. The Kier molecular flexibility index (Phi) is 4.80. The summed E-state index contributed by atoms with van der Waals surface area (Å²) in [6.07, 6.45) is 2.22. The first-order chi connectivity index (χ1) is 9.15. The lowest BCUT2D eigenvalue weighted by atomic mass is 10.1. The van der Waals surface area contributed by atoms with Gasteiger partial charge in [0, 0.05) is 18.1 Å². The monoisotopic (exact) mass is 281 g/mol. The van der Waals surface area contributed by atoms with E-state index in [1.165, 1.54) is 0 Å². The molecule has 0 unspecified atom stereocenters. The van der Waals surface area contributed by atoms with Crippen LogP contribution < -0.4 is 0 Å². The van der Waals surface area contributed by atoms with Crippen LogP contribution in [0.4, 0.5) is 0 Å². The van der Waals surface area contributed by atoms with Crippen molar-refractivity contribution in [2.24, 2.45) is 0 Å². The predicted octanol–water partition coefficient (Wildman–Crippen LogP) is 2.05. The molecule has 0 bridgehead atoms. The first-order valence-electron chi connectivity index (χ1n) is 6.33. The Hall–Kier alpha value is -1.55. The lowest BCUT2D eigenvalue weighted by Gasteiger charge is -2.14. The van der Waals surface area contributed by atoms with Crippen molar-refractivity contribution in [3.8, 4) is 0 Å². The number of esters is 1. The highest BCUT2D eigenvalue weighted by atomic mass is 35.5. The molecular weight excluding hydrogens is 266 g/mol. The molecule has 1 aromatic rings. The molecule has 0 spiro atoms. The highest BCUT2D eigenvalue weighted by Crippen LogP contribution is 2.11. The van der Waals surface area contributed by atoms with Crippen LogP contribution in [0.1, 0.15) is 18.4 Å². The Labute approximate surface area is 117 Å². The molecule has 0 N–H and O–H groups in total. The van der Waals surface area contributed by atoms with E-state index in [9.17, 15) is 9.59 Å². The van der Waals surface area contributed by atoms with Gasteiger partial charge in [0.15, 0.2) is 6.61 Å². The van der Waals surface area contributed by atoms with E-state index in [2.05, 4.69) is 0 Å². The summed E-state index contributed by atoms with van der Waals surface area (Å²) < 4.78 is 4.99. The molecule has 19 heavy (non-hydrogen) atoms. The largest absolute Gasteiger partial charge is 0.455 e. The molecule has 0 saturated carbocycles. The predicted molar refractivity (Wildman–Crippen MR) is 71.9 cm³/mol. The average molecular weight is 282 g/mol. The lowest BCUT2D eigenvalue weighted by molar-refractivity contribution is -0.151. The van der Waals surface area contributed by atoms with Crippen LogP contribution in [0, 0.1) is 0 Å². The fraction of sp³-hybridized carbons (Fsp3) is 0.429. The topological polar surface area (TPSA) is 46.6 Å². The zero-order chi connectivity index (χ0) is 13.7. The van der Waals surface area contributed by atoms with E-state index < -0.39 is 5.97 Å². The number of hydrogen-bond donors (Lipinski definition) is 0. The summed E-state index contributed by atoms with van der Waals surface area (Å²) in [7, 11) is 0. The molecule has 4 nitrogen and oxygen atoms in total. The van der Waals surface area contributed by atoms with Crippen molar-refractivity contribution in [1.29, 1.82) is 0 Å². The Morgan fingerprint density at radius 1 is 1.16 bits per heavy atom. The second kappa shape index (κ2) is 6.57. The summed E-state index contributed by atoms with van der Waals surface area (Å²) >= 11 is 5.76. The third-order valence-corrected chi connectivity index (χ3v) is 3.33. The normalized spacial score (nSPS) is 14.5. The van der Waals surface area contributed by atoms with Crippen molar-refractivity contribution in [1.82, 2.24) is 4.90 Å². The molecule has 1 fully saturated rings.